The van der Waals surface area contributed by atoms with Crippen LogP contribution in [0.4, 0.5) is 0 Å². The van der Waals surface area contributed by atoms with Gasteiger partial charge < -0.3 is 9.47 Å². The SMILES string of the molecule is CCCCCCOC(=O)CC1CCCO1. The van der Waals surface area contributed by atoms with E-state index in [4.69, 9.17) is 9.47 Å². The fourth-order valence-electron chi connectivity index (χ4n) is 1.76. The van der Waals surface area contributed by atoms with Gasteiger partial charge in [0.2, 0.25) is 0 Å². The Morgan fingerprint density at radius 2 is 2.27 bits per heavy atom. The fourth-order valence-corrected chi connectivity index (χ4v) is 1.76. The molecule has 88 valence electrons. The summed E-state index contributed by atoms with van der Waals surface area (Å²) in [4.78, 5) is 11.3. The van der Waals surface area contributed by atoms with E-state index in [-0.39, 0.29) is 12.1 Å². The average Bonchev–Trinajstić information content (AvgIpc) is 2.70. The van der Waals surface area contributed by atoms with Gasteiger partial charge in [-0.05, 0) is 19.3 Å². The molecule has 1 aliphatic rings. The Morgan fingerprint density at radius 3 is 2.93 bits per heavy atom. The van der Waals surface area contributed by atoms with E-state index < -0.39 is 0 Å². The quantitative estimate of drug-likeness (QED) is 0.483. The van der Waals surface area contributed by atoms with Gasteiger partial charge in [0.05, 0.1) is 19.1 Å². The molecule has 0 aromatic rings. The van der Waals surface area contributed by atoms with Crippen molar-refractivity contribution in [3.63, 3.8) is 0 Å². The van der Waals surface area contributed by atoms with E-state index in [2.05, 4.69) is 6.92 Å². The molecule has 3 heteroatoms. The van der Waals surface area contributed by atoms with Crippen LogP contribution in [0.3, 0.4) is 0 Å². The monoisotopic (exact) mass is 214 g/mol. The molecule has 1 saturated heterocycles. The van der Waals surface area contributed by atoms with Crippen LogP contribution in [0.25, 0.3) is 0 Å². The molecule has 1 unspecified atom stereocenters. The van der Waals surface area contributed by atoms with Crippen molar-refractivity contribution in [1.29, 1.82) is 0 Å². The summed E-state index contributed by atoms with van der Waals surface area (Å²) in [6.07, 6.45) is 7.22. The Balaban J connectivity index is 1.93. The first kappa shape index (κ1) is 12.5. The van der Waals surface area contributed by atoms with Crippen molar-refractivity contribution in [3.8, 4) is 0 Å². The summed E-state index contributed by atoms with van der Waals surface area (Å²) in [6, 6.07) is 0. The third kappa shape index (κ3) is 5.78. The van der Waals surface area contributed by atoms with Crippen LogP contribution in [-0.2, 0) is 14.3 Å². The number of esters is 1. The lowest BCUT2D eigenvalue weighted by molar-refractivity contribution is -0.146. The molecule has 0 radical (unpaired) electrons. The van der Waals surface area contributed by atoms with Crippen LogP contribution in [0.15, 0.2) is 0 Å². The second kappa shape index (κ2) is 7.69. The van der Waals surface area contributed by atoms with E-state index in [1.165, 1.54) is 12.8 Å². The van der Waals surface area contributed by atoms with E-state index in [0.717, 1.165) is 32.3 Å². The molecule has 0 saturated carbocycles. The zero-order valence-corrected chi connectivity index (χ0v) is 9.67. The van der Waals surface area contributed by atoms with Crippen molar-refractivity contribution >= 4 is 5.97 Å². The minimum Gasteiger partial charge on any atom is -0.466 e. The molecule has 0 aliphatic carbocycles. The number of carbonyl (C=O) groups excluding carboxylic acids is 1. The van der Waals surface area contributed by atoms with Crippen molar-refractivity contribution in [2.45, 2.75) is 58.0 Å². The molecule has 1 heterocycles. The second-order valence-electron chi connectivity index (χ2n) is 4.12. The Bertz CT molecular complexity index is 174. The van der Waals surface area contributed by atoms with E-state index in [1.54, 1.807) is 0 Å². The first-order valence-corrected chi connectivity index (χ1v) is 6.10. The largest absolute Gasteiger partial charge is 0.466 e. The highest BCUT2D eigenvalue weighted by Crippen LogP contribution is 2.15. The minimum atomic E-state index is -0.0987. The topological polar surface area (TPSA) is 35.5 Å². The summed E-state index contributed by atoms with van der Waals surface area (Å²) < 4.78 is 10.5. The number of carbonyl (C=O) groups is 1. The Labute approximate surface area is 92.1 Å². The fraction of sp³-hybridized carbons (Fsp3) is 0.917. The average molecular weight is 214 g/mol. The van der Waals surface area contributed by atoms with Crippen LogP contribution >= 0.6 is 0 Å². The zero-order valence-electron chi connectivity index (χ0n) is 9.67. The molecule has 0 bridgehead atoms. The van der Waals surface area contributed by atoms with Crippen molar-refractivity contribution < 1.29 is 14.3 Å². The molecular formula is C12H22O3. The third-order valence-electron chi connectivity index (χ3n) is 2.68. The maximum atomic E-state index is 11.3. The molecule has 1 atom stereocenters. The highest BCUT2D eigenvalue weighted by molar-refractivity contribution is 5.69. The normalized spacial score (nSPS) is 20.5. The summed E-state index contributed by atoms with van der Waals surface area (Å²) in [6.45, 7) is 3.55. The molecule has 3 nitrogen and oxygen atoms in total. The van der Waals surface area contributed by atoms with Gasteiger partial charge in [-0.2, -0.15) is 0 Å². The molecule has 0 N–H and O–H groups in total. The van der Waals surface area contributed by atoms with Gasteiger partial charge in [-0.25, -0.2) is 0 Å². The lowest BCUT2D eigenvalue weighted by atomic mass is 10.2. The molecule has 0 aromatic carbocycles. The van der Waals surface area contributed by atoms with Crippen LogP contribution < -0.4 is 0 Å². The van der Waals surface area contributed by atoms with Gasteiger partial charge in [0.1, 0.15) is 0 Å². The predicted octanol–water partition coefficient (Wildman–Crippen LogP) is 2.68. The first-order valence-electron chi connectivity index (χ1n) is 6.10. The third-order valence-corrected chi connectivity index (χ3v) is 2.68. The number of rotatable bonds is 7. The molecule has 15 heavy (non-hydrogen) atoms. The molecule has 1 fully saturated rings. The predicted molar refractivity (Wildman–Crippen MR) is 58.7 cm³/mol. The summed E-state index contributed by atoms with van der Waals surface area (Å²) in [7, 11) is 0. The lowest BCUT2D eigenvalue weighted by Crippen LogP contribution is -2.15. The summed E-state index contributed by atoms with van der Waals surface area (Å²) >= 11 is 0. The van der Waals surface area contributed by atoms with Gasteiger partial charge in [-0.1, -0.05) is 26.2 Å². The maximum Gasteiger partial charge on any atom is 0.308 e. The summed E-state index contributed by atoms with van der Waals surface area (Å²) in [5.41, 5.74) is 0. The van der Waals surface area contributed by atoms with Gasteiger partial charge >= 0.3 is 5.97 Å². The number of hydrogen-bond donors (Lipinski definition) is 0. The van der Waals surface area contributed by atoms with E-state index in [9.17, 15) is 4.79 Å². The molecule has 1 rings (SSSR count). The van der Waals surface area contributed by atoms with Gasteiger partial charge in [-0.3, -0.25) is 4.79 Å². The smallest absolute Gasteiger partial charge is 0.308 e. The number of ether oxygens (including phenoxy) is 2. The number of hydrogen-bond acceptors (Lipinski definition) is 3. The highest BCUT2D eigenvalue weighted by Gasteiger charge is 2.19. The Kier molecular flexibility index (Phi) is 6.41. The lowest BCUT2D eigenvalue weighted by Gasteiger charge is -2.08. The standard InChI is InChI=1S/C12H22O3/c1-2-3-4-5-8-15-12(13)10-11-7-6-9-14-11/h11H,2-10H2,1H3. The van der Waals surface area contributed by atoms with Crippen molar-refractivity contribution in [2.24, 2.45) is 0 Å². The first-order chi connectivity index (χ1) is 7.33. The van der Waals surface area contributed by atoms with Gasteiger partial charge in [0.15, 0.2) is 0 Å². The van der Waals surface area contributed by atoms with Crippen LogP contribution in [0.1, 0.15) is 51.9 Å². The Hall–Kier alpha value is -0.570. The second-order valence-corrected chi connectivity index (χ2v) is 4.12. The van der Waals surface area contributed by atoms with Crippen LogP contribution in [-0.4, -0.2) is 25.3 Å². The van der Waals surface area contributed by atoms with Crippen LogP contribution in [0, 0.1) is 0 Å². The molecule has 0 amide bonds. The van der Waals surface area contributed by atoms with Crippen molar-refractivity contribution in [2.75, 3.05) is 13.2 Å². The maximum absolute atomic E-state index is 11.3. The summed E-state index contributed by atoms with van der Waals surface area (Å²) in [5, 5.41) is 0. The van der Waals surface area contributed by atoms with Crippen molar-refractivity contribution in [3.05, 3.63) is 0 Å². The Morgan fingerprint density at radius 1 is 1.40 bits per heavy atom. The van der Waals surface area contributed by atoms with Gasteiger partial charge in [0.25, 0.3) is 0 Å². The highest BCUT2D eigenvalue weighted by atomic mass is 16.5. The molecule has 0 aromatic heterocycles. The van der Waals surface area contributed by atoms with Crippen molar-refractivity contribution in [1.82, 2.24) is 0 Å². The van der Waals surface area contributed by atoms with Gasteiger partial charge in [-0.15, -0.1) is 0 Å². The van der Waals surface area contributed by atoms with E-state index in [1.807, 2.05) is 0 Å². The molecule has 0 spiro atoms. The summed E-state index contributed by atoms with van der Waals surface area (Å²) in [5.74, 6) is -0.0987. The molecular weight excluding hydrogens is 192 g/mol. The van der Waals surface area contributed by atoms with Crippen LogP contribution in [0.5, 0.6) is 0 Å². The number of unbranched alkanes of at least 4 members (excludes halogenated alkanes) is 3. The van der Waals surface area contributed by atoms with E-state index in [0.29, 0.717) is 13.0 Å². The molecule has 1 aliphatic heterocycles. The van der Waals surface area contributed by atoms with E-state index >= 15 is 0 Å². The van der Waals surface area contributed by atoms with Gasteiger partial charge in [0, 0.05) is 6.61 Å². The minimum absolute atomic E-state index is 0.0987. The zero-order chi connectivity index (χ0) is 10.9. The van der Waals surface area contributed by atoms with Crippen LogP contribution in [0.2, 0.25) is 0 Å².